The fraction of sp³-hybridized carbons (Fsp3) is 0.706. The van der Waals surface area contributed by atoms with Gasteiger partial charge in [-0.25, -0.2) is 9.37 Å². The molecule has 0 radical (unpaired) electrons. The second-order valence-corrected chi connectivity index (χ2v) is 7.71. The second-order valence-electron chi connectivity index (χ2n) is 6.77. The van der Waals surface area contributed by atoms with Crippen LogP contribution in [0, 0.1) is 12.8 Å². The van der Waals surface area contributed by atoms with Crippen LogP contribution in [0.15, 0.2) is 5.51 Å². The Morgan fingerprint density at radius 2 is 2.25 bits per heavy atom. The first-order valence-corrected chi connectivity index (χ1v) is 9.52. The van der Waals surface area contributed by atoms with Crippen molar-refractivity contribution in [2.45, 2.75) is 57.7 Å². The second kappa shape index (κ2) is 7.59. The number of aromatic nitrogens is 1. The van der Waals surface area contributed by atoms with Crippen molar-refractivity contribution in [2.24, 2.45) is 5.92 Å². The van der Waals surface area contributed by atoms with E-state index in [-0.39, 0.29) is 30.3 Å². The van der Waals surface area contributed by atoms with Gasteiger partial charge in [0.25, 0.3) is 0 Å². The highest BCUT2D eigenvalue weighted by Crippen LogP contribution is 2.27. The lowest BCUT2D eigenvalue weighted by Gasteiger charge is -2.28. The summed E-state index contributed by atoms with van der Waals surface area (Å²) in [6.07, 6.45) is 3.32. The molecule has 1 aliphatic heterocycles. The molecule has 2 heterocycles. The largest absolute Gasteiger partial charge is 0.354 e. The lowest BCUT2D eigenvalue weighted by molar-refractivity contribution is -0.133. The van der Waals surface area contributed by atoms with Gasteiger partial charge in [-0.3, -0.25) is 9.59 Å². The predicted molar refractivity (Wildman–Crippen MR) is 90.5 cm³/mol. The van der Waals surface area contributed by atoms with Gasteiger partial charge in [0.2, 0.25) is 11.8 Å². The van der Waals surface area contributed by atoms with Crippen molar-refractivity contribution >= 4 is 23.2 Å². The molecule has 0 aromatic carbocycles. The van der Waals surface area contributed by atoms with Gasteiger partial charge in [0.05, 0.1) is 23.8 Å². The number of hydrogen-bond acceptors (Lipinski definition) is 4. The van der Waals surface area contributed by atoms with E-state index in [1.165, 1.54) is 0 Å². The average Bonchev–Trinajstić information content (AvgIpc) is 3.06. The Labute approximate surface area is 145 Å². The highest BCUT2D eigenvalue weighted by molar-refractivity contribution is 7.09. The number of amides is 2. The quantitative estimate of drug-likeness (QED) is 0.853. The summed E-state index contributed by atoms with van der Waals surface area (Å²) in [5.74, 6) is 0.133. The van der Waals surface area contributed by atoms with Crippen LogP contribution in [0.2, 0.25) is 0 Å². The number of alkyl halides is 1. The predicted octanol–water partition coefficient (Wildman–Crippen LogP) is 2.24. The summed E-state index contributed by atoms with van der Waals surface area (Å²) < 4.78 is 13.8. The molecule has 2 aliphatic rings. The highest BCUT2D eigenvalue weighted by Gasteiger charge is 2.36. The third-order valence-corrected chi connectivity index (χ3v) is 6.08. The SMILES string of the molecule is Cc1ncsc1CCC(=O)N1CC(F)CC1CNC(=O)C1CCC1. The van der Waals surface area contributed by atoms with Crippen LogP contribution in [0.25, 0.3) is 0 Å². The molecule has 7 heteroatoms. The van der Waals surface area contributed by atoms with Crippen LogP contribution >= 0.6 is 11.3 Å². The number of rotatable bonds is 6. The minimum Gasteiger partial charge on any atom is -0.354 e. The summed E-state index contributed by atoms with van der Waals surface area (Å²) in [5, 5.41) is 2.90. The Hall–Kier alpha value is -1.50. The van der Waals surface area contributed by atoms with Crippen LogP contribution in [0.5, 0.6) is 0 Å². The van der Waals surface area contributed by atoms with E-state index in [0.717, 1.165) is 29.8 Å². The summed E-state index contributed by atoms with van der Waals surface area (Å²) in [6.45, 7) is 2.44. The van der Waals surface area contributed by atoms with Gasteiger partial charge in [0.1, 0.15) is 6.17 Å². The summed E-state index contributed by atoms with van der Waals surface area (Å²) in [6, 6.07) is -0.223. The number of hydrogen-bond donors (Lipinski definition) is 1. The van der Waals surface area contributed by atoms with Gasteiger partial charge in [0, 0.05) is 30.2 Å². The first-order valence-electron chi connectivity index (χ1n) is 8.64. The van der Waals surface area contributed by atoms with Crippen molar-refractivity contribution in [3.63, 3.8) is 0 Å². The number of carbonyl (C=O) groups excluding carboxylic acids is 2. The summed E-state index contributed by atoms with van der Waals surface area (Å²) in [4.78, 5) is 31.3. The first-order chi connectivity index (χ1) is 11.5. The van der Waals surface area contributed by atoms with E-state index < -0.39 is 6.17 Å². The van der Waals surface area contributed by atoms with Crippen molar-refractivity contribution in [1.29, 1.82) is 0 Å². The van der Waals surface area contributed by atoms with E-state index in [0.29, 0.717) is 25.8 Å². The molecule has 0 bridgehead atoms. The number of aryl methyl sites for hydroxylation is 2. The van der Waals surface area contributed by atoms with Crippen LogP contribution in [-0.4, -0.2) is 47.0 Å². The smallest absolute Gasteiger partial charge is 0.223 e. The fourth-order valence-electron chi connectivity index (χ4n) is 3.32. The van der Waals surface area contributed by atoms with E-state index in [4.69, 9.17) is 0 Å². The first kappa shape index (κ1) is 17.3. The molecule has 1 aromatic heterocycles. The summed E-state index contributed by atoms with van der Waals surface area (Å²) >= 11 is 1.55. The normalized spacial score (nSPS) is 24.0. The van der Waals surface area contributed by atoms with E-state index in [1.54, 1.807) is 21.7 Å². The molecule has 1 N–H and O–H groups in total. The molecule has 2 unspecified atom stereocenters. The van der Waals surface area contributed by atoms with E-state index in [2.05, 4.69) is 10.3 Å². The molecule has 1 saturated heterocycles. The van der Waals surface area contributed by atoms with Gasteiger partial charge >= 0.3 is 0 Å². The Kier molecular flexibility index (Phi) is 5.48. The van der Waals surface area contributed by atoms with Gasteiger partial charge in [-0.1, -0.05) is 6.42 Å². The van der Waals surface area contributed by atoms with Crippen LogP contribution < -0.4 is 5.32 Å². The zero-order valence-electron chi connectivity index (χ0n) is 14.0. The molecule has 1 aromatic rings. The topological polar surface area (TPSA) is 62.3 Å². The van der Waals surface area contributed by atoms with Crippen LogP contribution in [0.3, 0.4) is 0 Å². The Morgan fingerprint density at radius 1 is 1.46 bits per heavy atom. The molecular formula is C17H24FN3O2S. The number of thiazole rings is 1. The average molecular weight is 353 g/mol. The zero-order chi connectivity index (χ0) is 17.1. The van der Waals surface area contributed by atoms with Crippen molar-refractivity contribution in [1.82, 2.24) is 15.2 Å². The zero-order valence-corrected chi connectivity index (χ0v) is 14.8. The van der Waals surface area contributed by atoms with Crippen LogP contribution in [-0.2, 0) is 16.0 Å². The minimum atomic E-state index is -0.996. The number of nitrogens with zero attached hydrogens (tertiary/aromatic N) is 2. The maximum atomic E-state index is 13.8. The van der Waals surface area contributed by atoms with Crippen molar-refractivity contribution in [3.05, 3.63) is 16.1 Å². The van der Waals surface area contributed by atoms with Crippen molar-refractivity contribution in [2.75, 3.05) is 13.1 Å². The van der Waals surface area contributed by atoms with Gasteiger partial charge in [-0.15, -0.1) is 11.3 Å². The molecule has 3 rings (SSSR count). The molecule has 0 spiro atoms. The van der Waals surface area contributed by atoms with Crippen LogP contribution in [0.4, 0.5) is 4.39 Å². The fourth-order valence-corrected chi connectivity index (χ4v) is 4.10. The molecule has 2 fully saturated rings. The third-order valence-electron chi connectivity index (χ3n) is 5.08. The van der Waals surface area contributed by atoms with E-state index in [9.17, 15) is 14.0 Å². The third kappa shape index (κ3) is 3.94. The molecular weight excluding hydrogens is 329 g/mol. The maximum Gasteiger partial charge on any atom is 0.223 e. The Balaban J connectivity index is 1.50. The maximum absolute atomic E-state index is 13.8. The minimum absolute atomic E-state index is 0.0363. The number of likely N-dealkylation sites (tertiary alicyclic amines) is 1. The summed E-state index contributed by atoms with van der Waals surface area (Å²) in [7, 11) is 0. The van der Waals surface area contributed by atoms with Crippen molar-refractivity contribution in [3.8, 4) is 0 Å². The van der Waals surface area contributed by atoms with E-state index in [1.807, 2.05) is 6.92 Å². The van der Waals surface area contributed by atoms with Crippen LogP contribution in [0.1, 0.15) is 42.7 Å². The number of carbonyl (C=O) groups is 2. The summed E-state index contributed by atoms with van der Waals surface area (Å²) in [5.41, 5.74) is 2.74. The lowest BCUT2D eigenvalue weighted by atomic mass is 9.85. The molecule has 24 heavy (non-hydrogen) atoms. The van der Waals surface area contributed by atoms with Gasteiger partial charge < -0.3 is 10.2 Å². The highest BCUT2D eigenvalue weighted by atomic mass is 32.1. The Morgan fingerprint density at radius 3 is 2.88 bits per heavy atom. The lowest BCUT2D eigenvalue weighted by Crippen LogP contribution is -2.45. The van der Waals surface area contributed by atoms with Gasteiger partial charge in [0.15, 0.2) is 0 Å². The number of nitrogens with one attached hydrogen (secondary N) is 1. The molecule has 2 atom stereocenters. The Bertz CT molecular complexity index is 602. The monoisotopic (exact) mass is 353 g/mol. The molecule has 5 nitrogen and oxygen atoms in total. The van der Waals surface area contributed by atoms with Gasteiger partial charge in [-0.2, -0.15) is 0 Å². The molecule has 2 amide bonds. The van der Waals surface area contributed by atoms with Crippen molar-refractivity contribution < 1.29 is 14.0 Å². The standard InChI is InChI=1S/C17H24FN3O2S/c1-11-15(24-10-20-11)5-6-16(22)21-9-13(18)7-14(21)8-19-17(23)12-3-2-4-12/h10,12-14H,2-9H2,1H3,(H,19,23). The van der Waals surface area contributed by atoms with E-state index >= 15 is 0 Å². The number of halogens is 1. The van der Waals surface area contributed by atoms with Gasteiger partial charge in [-0.05, 0) is 26.2 Å². The molecule has 1 aliphatic carbocycles. The molecule has 132 valence electrons. The molecule has 1 saturated carbocycles.